The van der Waals surface area contributed by atoms with Crippen LogP contribution in [0.3, 0.4) is 0 Å². The quantitative estimate of drug-likeness (QED) is 0.619. The maximum atomic E-state index is 13.2. The number of quaternary nitrogens is 1. The Morgan fingerprint density at radius 1 is 1.10 bits per heavy atom. The second kappa shape index (κ2) is 10.8. The van der Waals surface area contributed by atoms with Crippen LogP contribution in [0.25, 0.3) is 0 Å². The molecular weight excluding hydrogens is 368 g/mol. The van der Waals surface area contributed by atoms with E-state index in [0.717, 1.165) is 22.8 Å². The standard InChI is InChI=1S/C23H32N2O4/c1-17(2)25(19(4)23(27)28-5)16-22(26)24(15-21-12-11-18(3)29-21)14-13-20-9-7-6-8-10-20/h6-12,17,19H,13-16H2,1-5H3/p+1/t19-/m0/s1. The average molecular weight is 402 g/mol. The zero-order chi connectivity index (χ0) is 21.4. The molecule has 2 atom stereocenters. The van der Waals surface area contributed by atoms with Crippen molar-refractivity contribution in [3.05, 3.63) is 59.5 Å². The van der Waals surface area contributed by atoms with Crippen LogP contribution in [0.5, 0.6) is 0 Å². The number of hydrogen-bond donors (Lipinski definition) is 1. The molecule has 1 aromatic carbocycles. The minimum absolute atomic E-state index is 0.00515. The summed E-state index contributed by atoms with van der Waals surface area (Å²) in [7, 11) is 1.38. The molecule has 0 saturated heterocycles. The minimum Gasteiger partial charge on any atom is -0.465 e. The first-order valence-electron chi connectivity index (χ1n) is 10.1. The van der Waals surface area contributed by atoms with Crippen LogP contribution < -0.4 is 4.90 Å². The fraction of sp³-hybridized carbons (Fsp3) is 0.478. The van der Waals surface area contributed by atoms with E-state index in [2.05, 4.69) is 12.1 Å². The van der Waals surface area contributed by atoms with Crippen molar-refractivity contribution in [1.82, 2.24) is 4.90 Å². The van der Waals surface area contributed by atoms with Gasteiger partial charge in [0.05, 0.1) is 19.7 Å². The van der Waals surface area contributed by atoms with Gasteiger partial charge in [0, 0.05) is 6.54 Å². The highest BCUT2D eigenvalue weighted by atomic mass is 16.5. The third kappa shape index (κ3) is 6.75. The van der Waals surface area contributed by atoms with Crippen LogP contribution in [-0.2, 0) is 27.3 Å². The van der Waals surface area contributed by atoms with Crippen molar-refractivity contribution in [3.63, 3.8) is 0 Å². The van der Waals surface area contributed by atoms with E-state index in [9.17, 15) is 9.59 Å². The fourth-order valence-electron chi connectivity index (χ4n) is 3.43. The van der Waals surface area contributed by atoms with Gasteiger partial charge in [0.2, 0.25) is 0 Å². The Bertz CT molecular complexity index is 785. The number of nitrogens with one attached hydrogen (secondary N) is 1. The number of carbonyl (C=O) groups excluding carboxylic acids is 2. The van der Waals surface area contributed by atoms with Gasteiger partial charge in [0.15, 0.2) is 12.6 Å². The molecule has 6 heteroatoms. The summed E-state index contributed by atoms with van der Waals surface area (Å²) in [4.78, 5) is 28.0. The van der Waals surface area contributed by atoms with Crippen molar-refractivity contribution >= 4 is 11.9 Å². The fourth-order valence-corrected chi connectivity index (χ4v) is 3.43. The molecule has 0 saturated carbocycles. The van der Waals surface area contributed by atoms with Crippen LogP contribution in [0, 0.1) is 6.92 Å². The summed E-state index contributed by atoms with van der Waals surface area (Å²) in [5.41, 5.74) is 1.18. The molecule has 0 aliphatic carbocycles. The summed E-state index contributed by atoms with van der Waals surface area (Å²) < 4.78 is 10.6. The second-order valence-electron chi connectivity index (χ2n) is 7.71. The molecule has 0 radical (unpaired) electrons. The Morgan fingerprint density at radius 2 is 1.79 bits per heavy atom. The molecule has 0 spiro atoms. The Morgan fingerprint density at radius 3 is 2.34 bits per heavy atom. The first-order valence-corrected chi connectivity index (χ1v) is 10.1. The lowest BCUT2D eigenvalue weighted by atomic mass is 10.1. The van der Waals surface area contributed by atoms with E-state index >= 15 is 0 Å². The van der Waals surface area contributed by atoms with E-state index in [0.29, 0.717) is 13.1 Å². The first-order chi connectivity index (χ1) is 13.8. The van der Waals surface area contributed by atoms with E-state index in [1.807, 2.05) is 56.0 Å². The van der Waals surface area contributed by atoms with Gasteiger partial charge in [-0.1, -0.05) is 30.3 Å². The molecule has 2 rings (SSSR count). The van der Waals surface area contributed by atoms with Crippen LogP contribution in [0.2, 0.25) is 0 Å². The highest BCUT2D eigenvalue weighted by Crippen LogP contribution is 2.11. The Hall–Kier alpha value is -2.60. The van der Waals surface area contributed by atoms with E-state index in [4.69, 9.17) is 9.15 Å². The lowest BCUT2D eigenvalue weighted by Crippen LogP contribution is -3.20. The summed E-state index contributed by atoms with van der Waals surface area (Å²) in [6.45, 7) is 8.93. The van der Waals surface area contributed by atoms with Gasteiger partial charge >= 0.3 is 5.97 Å². The lowest BCUT2D eigenvalue weighted by molar-refractivity contribution is -0.928. The second-order valence-corrected chi connectivity index (χ2v) is 7.71. The van der Waals surface area contributed by atoms with Crippen LogP contribution >= 0.6 is 0 Å². The molecule has 0 aliphatic rings. The van der Waals surface area contributed by atoms with Crippen molar-refractivity contribution < 1.29 is 23.6 Å². The third-order valence-electron chi connectivity index (χ3n) is 5.22. The van der Waals surface area contributed by atoms with Gasteiger partial charge in [-0.05, 0) is 51.8 Å². The van der Waals surface area contributed by atoms with Gasteiger partial charge in [0.25, 0.3) is 5.91 Å². The highest BCUT2D eigenvalue weighted by Gasteiger charge is 2.32. The number of esters is 1. The summed E-state index contributed by atoms with van der Waals surface area (Å²) >= 11 is 0. The van der Waals surface area contributed by atoms with E-state index in [-0.39, 0.29) is 24.5 Å². The number of rotatable bonds is 10. The van der Waals surface area contributed by atoms with Crippen molar-refractivity contribution in [3.8, 4) is 0 Å². The van der Waals surface area contributed by atoms with E-state index < -0.39 is 6.04 Å². The van der Waals surface area contributed by atoms with Crippen LogP contribution in [0.4, 0.5) is 0 Å². The molecule has 1 heterocycles. The van der Waals surface area contributed by atoms with Crippen LogP contribution in [-0.4, -0.2) is 49.1 Å². The molecule has 2 aromatic rings. The van der Waals surface area contributed by atoms with Crippen molar-refractivity contribution in [2.45, 2.75) is 52.7 Å². The van der Waals surface area contributed by atoms with Crippen LogP contribution in [0.15, 0.2) is 46.9 Å². The predicted octanol–water partition coefficient (Wildman–Crippen LogP) is 2.01. The summed E-state index contributed by atoms with van der Waals surface area (Å²) in [5, 5.41) is 0. The molecule has 6 nitrogen and oxygen atoms in total. The Balaban J connectivity index is 2.13. The number of carbonyl (C=O) groups is 2. The zero-order valence-electron chi connectivity index (χ0n) is 18.1. The Labute approximate surface area is 173 Å². The smallest absolute Gasteiger partial charge is 0.364 e. The van der Waals surface area contributed by atoms with Gasteiger partial charge < -0.3 is 19.0 Å². The molecule has 1 amide bonds. The number of amides is 1. The van der Waals surface area contributed by atoms with E-state index in [1.54, 1.807) is 6.92 Å². The molecule has 0 bridgehead atoms. The lowest BCUT2D eigenvalue weighted by Gasteiger charge is -2.30. The largest absolute Gasteiger partial charge is 0.465 e. The molecule has 29 heavy (non-hydrogen) atoms. The van der Waals surface area contributed by atoms with Gasteiger partial charge in [-0.15, -0.1) is 0 Å². The van der Waals surface area contributed by atoms with E-state index in [1.165, 1.54) is 12.7 Å². The molecule has 1 N–H and O–H groups in total. The van der Waals surface area contributed by atoms with Crippen molar-refractivity contribution in [2.24, 2.45) is 0 Å². The number of benzene rings is 1. The van der Waals surface area contributed by atoms with Crippen molar-refractivity contribution in [2.75, 3.05) is 20.2 Å². The maximum absolute atomic E-state index is 13.2. The molecular formula is C23H33N2O4+. The number of furan rings is 1. The van der Waals surface area contributed by atoms with Gasteiger partial charge in [-0.25, -0.2) is 4.79 Å². The average Bonchev–Trinajstić information content (AvgIpc) is 3.13. The molecule has 1 unspecified atom stereocenters. The summed E-state index contributed by atoms with van der Waals surface area (Å²) in [6.07, 6.45) is 0.760. The van der Waals surface area contributed by atoms with Gasteiger partial charge in [-0.3, -0.25) is 4.79 Å². The third-order valence-corrected chi connectivity index (χ3v) is 5.22. The monoisotopic (exact) mass is 401 g/mol. The zero-order valence-corrected chi connectivity index (χ0v) is 18.1. The topological polar surface area (TPSA) is 64.2 Å². The first kappa shape index (κ1) is 22.7. The van der Waals surface area contributed by atoms with Gasteiger partial charge in [-0.2, -0.15) is 0 Å². The molecule has 0 fully saturated rings. The minimum atomic E-state index is -0.411. The number of hydrogen-bond acceptors (Lipinski definition) is 4. The summed E-state index contributed by atoms with van der Waals surface area (Å²) in [6, 6.07) is 13.6. The van der Waals surface area contributed by atoms with Gasteiger partial charge in [0.1, 0.15) is 11.5 Å². The Kier molecular flexibility index (Phi) is 8.46. The molecule has 0 aliphatic heterocycles. The SMILES string of the molecule is COC(=O)[C@H](C)[NH+](CC(=O)N(CCc1ccccc1)Cc1ccc(C)o1)C(C)C. The van der Waals surface area contributed by atoms with Crippen LogP contribution in [0.1, 0.15) is 37.9 Å². The molecule has 1 aromatic heterocycles. The van der Waals surface area contributed by atoms with Crippen molar-refractivity contribution in [1.29, 1.82) is 0 Å². The number of methoxy groups -OCH3 is 1. The number of ether oxygens (including phenoxy) is 1. The molecule has 158 valence electrons. The predicted molar refractivity (Wildman–Crippen MR) is 111 cm³/mol. The normalized spacial score (nSPS) is 13.2. The maximum Gasteiger partial charge on any atom is 0.364 e. The highest BCUT2D eigenvalue weighted by molar-refractivity contribution is 5.78. The number of aryl methyl sites for hydroxylation is 1. The summed E-state index contributed by atoms with van der Waals surface area (Å²) in [5.74, 6) is 1.27. The number of nitrogens with zero attached hydrogens (tertiary/aromatic N) is 1.